The second-order valence-electron chi connectivity index (χ2n) is 20.9. The Morgan fingerprint density at radius 1 is 0.470 bits per heavy atom. The number of rotatable bonds is 49. The van der Waals surface area contributed by atoms with Crippen LogP contribution in [0.2, 0.25) is 0 Å². The lowest BCUT2D eigenvalue weighted by Gasteiger charge is -2.20. The van der Waals surface area contributed by atoms with Crippen LogP contribution in [-0.2, 0) is 25.7 Å². The molecule has 0 saturated carbocycles. The highest BCUT2D eigenvalue weighted by atomic mass is 16.6. The highest BCUT2D eigenvalue weighted by Gasteiger charge is 2.24. The molecule has 1 aromatic rings. The summed E-state index contributed by atoms with van der Waals surface area (Å²) in [5.74, 6) is 0.277. The molecule has 2 N–H and O–H groups in total. The summed E-state index contributed by atoms with van der Waals surface area (Å²) in [4.78, 5) is 25.0. The maximum Gasteiger partial charge on any atom is 0.323 e. The predicted octanol–water partition coefficient (Wildman–Crippen LogP) is 18.2. The van der Waals surface area contributed by atoms with Crippen LogP contribution in [0.4, 0.5) is 0 Å². The monoisotopic (exact) mass is 928 g/mol. The van der Waals surface area contributed by atoms with Gasteiger partial charge < -0.3 is 24.7 Å². The van der Waals surface area contributed by atoms with E-state index in [4.69, 9.17) is 24.7 Å². The molecule has 0 unspecified atom stereocenters. The first kappa shape index (κ1) is 61.7. The van der Waals surface area contributed by atoms with Gasteiger partial charge in [-0.2, -0.15) is 0 Å². The minimum Gasteiger partial charge on any atom is -0.493 e. The molecule has 0 aliphatic heterocycles. The van der Waals surface area contributed by atoms with Crippen molar-refractivity contribution >= 4 is 11.9 Å². The highest BCUT2D eigenvalue weighted by molar-refractivity contribution is 5.82. The van der Waals surface area contributed by atoms with Gasteiger partial charge in [-0.1, -0.05) is 258 Å². The normalized spacial score (nSPS) is 12.1. The molecule has 386 valence electrons. The number of ether oxygens (including phenoxy) is 4. The fourth-order valence-corrected chi connectivity index (χ4v) is 8.87. The third kappa shape index (κ3) is 40.8. The Bertz CT molecular complexity index is 1230. The van der Waals surface area contributed by atoms with Crippen LogP contribution in [0.15, 0.2) is 18.2 Å². The van der Waals surface area contributed by atoms with E-state index in [0.717, 1.165) is 30.6 Å². The second-order valence-corrected chi connectivity index (χ2v) is 20.9. The largest absolute Gasteiger partial charge is 0.493 e. The van der Waals surface area contributed by atoms with Crippen molar-refractivity contribution in [1.82, 2.24) is 0 Å². The minimum atomic E-state index is -1.09. The van der Waals surface area contributed by atoms with E-state index in [9.17, 15) is 9.59 Å². The predicted molar refractivity (Wildman–Crippen MR) is 282 cm³/mol. The second kappa shape index (κ2) is 45.2. The number of nitrogens with two attached hydrogens (primary N) is 1. The molecule has 7 nitrogen and oxygen atoms in total. The summed E-state index contributed by atoms with van der Waals surface area (Å²) in [6.45, 7) is 11.2. The maximum atomic E-state index is 12.7. The van der Waals surface area contributed by atoms with Crippen molar-refractivity contribution in [1.29, 1.82) is 0 Å². The van der Waals surface area contributed by atoms with Gasteiger partial charge in [-0.25, -0.2) is 0 Å². The molecule has 0 saturated heterocycles. The Hall–Kier alpha value is -2.28. The lowest BCUT2D eigenvalue weighted by molar-refractivity contribution is -0.159. The number of hydrogen-bond acceptors (Lipinski definition) is 7. The number of hydrogen-bond donors (Lipinski definition) is 1. The maximum absolute atomic E-state index is 12.7. The average molecular weight is 929 g/mol. The van der Waals surface area contributed by atoms with E-state index in [1.165, 1.54) is 238 Å². The fraction of sp³-hybridized carbons (Fsp3) is 0.864. The van der Waals surface area contributed by atoms with Crippen molar-refractivity contribution < 1.29 is 28.5 Å². The first-order valence-electron chi connectivity index (χ1n) is 28.7. The summed E-state index contributed by atoms with van der Waals surface area (Å²) in [6.07, 6.45) is 54.3. The molecule has 1 aromatic carbocycles. The lowest BCUT2D eigenvalue weighted by atomic mass is 10.0. The summed E-state index contributed by atoms with van der Waals surface area (Å²) in [5.41, 5.74) is 6.13. The van der Waals surface area contributed by atoms with Gasteiger partial charge in [-0.15, -0.1) is 0 Å². The molecule has 66 heavy (non-hydrogen) atoms. The van der Waals surface area contributed by atoms with Crippen molar-refractivity contribution in [2.75, 3.05) is 13.2 Å². The van der Waals surface area contributed by atoms with Crippen LogP contribution in [0.1, 0.15) is 303 Å². The average Bonchev–Trinajstić information content (AvgIpc) is 3.28. The molecule has 0 aromatic heterocycles. The van der Waals surface area contributed by atoms with E-state index in [1.54, 1.807) is 20.8 Å². The molecule has 0 aliphatic rings. The quantitative estimate of drug-likeness (QED) is 0.0513. The topological polar surface area (TPSA) is 97.1 Å². The third-order valence-corrected chi connectivity index (χ3v) is 13.0. The Labute approximate surface area is 409 Å². The van der Waals surface area contributed by atoms with Crippen molar-refractivity contribution in [3.63, 3.8) is 0 Å². The fourth-order valence-electron chi connectivity index (χ4n) is 8.87. The molecule has 0 spiro atoms. The zero-order valence-electron chi connectivity index (χ0n) is 44.4. The Morgan fingerprint density at radius 2 is 0.788 bits per heavy atom. The lowest BCUT2D eigenvalue weighted by Crippen LogP contribution is -2.36. The van der Waals surface area contributed by atoms with Crippen LogP contribution >= 0.6 is 0 Å². The van der Waals surface area contributed by atoms with Gasteiger partial charge in [0.05, 0.1) is 19.6 Å². The van der Waals surface area contributed by atoms with Crippen LogP contribution in [0.3, 0.4) is 0 Å². The summed E-state index contributed by atoms with van der Waals surface area (Å²) in [6, 6.07) is 4.67. The molecule has 0 heterocycles. The van der Waals surface area contributed by atoms with Gasteiger partial charge in [0, 0.05) is 11.6 Å². The molecule has 0 bridgehead atoms. The van der Waals surface area contributed by atoms with Crippen LogP contribution in [-0.4, -0.2) is 36.8 Å². The number of carbonyl (C=O) groups is 2. The van der Waals surface area contributed by atoms with Crippen molar-refractivity contribution in [3.05, 3.63) is 23.8 Å². The van der Waals surface area contributed by atoms with E-state index in [-0.39, 0.29) is 13.0 Å². The molecule has 0 amide bonds. The summed E-state index contributed by atoms with van der Waals surface area (Å²) in [5, 5.41) is 0. The van der Waals surface area contributed by atoms with Gasteiger partial charge in [0.25, 0.3) is 0 Å². The van der Waals surface area contributed by atoms with E-state index in [2.05, 4.69) is 13.8 Å². The molecule has 1 rings (SSSR count). The summed E-state index contributed by atoms with van der Waals surface area (Å²) in [7, 11) is 0. The summed E-state index contributed by atoms with van der Waals surface area (Å²) >= 11 is 0. The highest BCUT2D eigenvalue weighted by Crippen LogP contribution is 2.27. The molecular formula is C59H109NO6. The third-order valence-electron chi connectivity index (χ3n) is 13.0. The Balaban J connectivity index is 2.29. The number of benzene rings is 1. The molecule has 0 fully saturated rings. The van der Waals surface area contributed by atoms with Crippen molar-refractivity contribution in [2.24, 2.45) is 5.73 Å². The van der Waals surface area contributed by atoms with E-state index in [0.29, 0.717) is 19.0 Å². The van der Waals surface area contributed by atoms with Gasteiger partial charge in [0.2, 0.25) is 0 Å². The smallest absolute Gasteiger partial charge is 0.323 e. The van der Waals surface area contributed by atoms with Gasteiger partial charge in [0.1, 0.15) is 29.7 Å². The molecule has 7 heteroatoms. The number of carbonyl (C=O) groups excluding carboxylic acids is 2. The van der Waals surface area contributed by atoms with Crippen LogP contribution in [0.5, 0.6) is 11.5 Å². The van der Waals surface area contributed by atoms with E-state index < -0.39 is 23.6 Å². The SMILES string of the molecule is CCCCCCCCCCCCCCCCCCCCCCOc1ccc(COC(=O)[C@@H](N)CC(=O)OC(C)(C)C)c(OCCCCCCCCCCCCCCCCCCCCCC)c1. The molecule has 0 aliphatic carbocycles. The summed E-state index contributed by atoms with van der Waals surface area (Å²) < 4.78 is 23.4. The minimum absolute atomic E-state index is 0.00900. The molecule has 1 atom stereocenters. The van der Waals surface area contributed by atoms with Crippen molar-refractivity contribution in [2.45, 2.75) is 316 Å². The first-order valence-corrected chi connectivity index (χ1v) is 28.7. The first-order chi connectivity index (χ1) is 32.2. The van der Waals surface area contributed by atoms with Gasteiger partial charge in [-0.3, -0.25) is 9.59 Å². The van der Waals surface area contributed by atoms with Gasteiger partial charge in [-0.05, 0) is 45.7 Å². The Morgan fingerprint density at radius 3 is 1.12 bits per heavy atom. The van der Waals surface area contributed by atoms with E-state index in [1.807, 2.05) is 18.2 Å². The zero-order valence-corrected chi connectivity index (χ0v) is 44.4. The van der Waals surface area contributed by atoms with Crippen LogP contribution in [0.25, 0.3) is 0 Å². The van der Waals surface area contributed by atoms with Crippen molar-refractivity contribution in [3.8, 4) is 11.5 Å². The van der Waals surface area contributed by atoms with Crippen LogP contribution < -0.4 is 15.2 Å². The molecule has 0 radical (unpaired) electrons. The number of unbranched alkanes of at least 4 members (excludes halogenated alkanes) is 38. The van der Waals surface area contributed by atoms with Gasteiger partial charge in [0.15, 0.2) is 0 Å². The molecular weight excluding hydrogens is 819 g/mol. The zero-order chi connectivity index (χ0) is 48.0. The van der Waals surface area contributed by atoms with Gasteiger partial charge >= 0.3 is 11.9 Å². The Kier molecular flexibility index (Phi) is 42.3. The standard InChI is InChI=1S/C59H109NO6/c1-6-8-10-12-14-16-18-20-22-24-26-28-30-32-34-36-38-40-42-44-48-63-54-47-46-53(52-65-58(62)55(60)51-57(61)66-59(3,4)5)56(50-54)64-49-45-43-41-39-37-35-33-31-29-27-25-23-21-19-17-15-13-11-9-7-2/h46-47,50,55H,6-45,48-49,51-52,60H2,1-5H3/t55-/m0/s1. The van der Waals surface area contributed by atoms with E-state index >= 15 is 0 Å². The van der Waals surface area contributed by atoms with Crippen LogP contribution in [0, 0.1) is 0 Å². The number of esters is 2.